The molecule has 5 heteroatoms. The Morgan fingerprint density at radius 1 is 1.17 bits per heavy atom. The summed E-state index contributed by atoms with van der Waals surface area (Å²) in [5.41, 5.74) is 7.57. The van der Waals surface area contributed by atoms with E-state index in [-0.39, 0.29) is 5.92 Å². The number of hydrogen-bond donors (Lipinski definition) is 1. The van der Waals surface area contributed by atoms with E-state index < -0.39 is 0 Å². The highest BCUT2D eigenvalue weighted by Gasteiger charge is 2.19. The van der Waals surface area contributed by atoms with Gasteiger partial charge < -0.3 is 15.2 Å². The molecule has 0 amide bonds. The predicted octanol–water partition coefficient (Wildman–Crippen LogP) is 1.80. The van der Waals surface area contributed by atoms with Crippen LogP contribution >= 0.6 is 0 Å². The van der Waals surface area contributed by atoms with Crippen LogP contribution in [0.4, 0.5) is 0 Å². The predicted molar refractivity (Wildman–Crippen MR) is 71.5 cm³/mol. The van der Waals surface area contributed by atoms with Crippen LogP contribution in [0, 0.1) is 5.92 Å². The number of rotatable bonds is 3. The van der Waals surface area contributed by atoms with Crippen molar-refractivity contribution >= 4 is 11.5 Å². The Hall–Kier alpha value is -2.04. The number of hydrogen-bond acceptors (Lipinski definition) is 5. The topological polar surface area (TPSA) is 69.2 Å². The van der Waals surface area contributed by atoms with Gasteiger partial charge in [-0.15, -0.1) is 5.10 Å². The Morgan fingerprint density at radius 2 is 1.89 bits per heavy atom. The average Bonchev–Trinajstić information content (AvgIpc) is 2.38. The molecule has 96 valence electrons. The Bertz CT molecular complexity index is 509. The lowest BCUT2D eigenvalue weighted by Crippen LogP contribution is -2.25. The van der Waals surface area contributed by atoms with E-state index in [0.29, 0.717) is 17.3 Å². The van der Waals surface area contributed by atoms with Crippen molar-refractivity contribution in [1.82, 2.24) is 0 Å². The maximum absolute atomic E-state index is 5.67. The minimum absolute atomic E-state index is 0.251. The summed E-state index contributed by atoms with van der Waals surface area (Å²) >= 11 is 0. The molecule has 0 saturated carbocycles. The van der Waals surface area contributed by atoms with Gasteiger partial charge in [0, 0.05) is 17.9 Å². The van der Waals surface area contributed by atoms with Gasteiger partial charge in [0.25, 0.3) is 0 Å². The summed E-state index contributed by atoms with van der Waals surface area (Å²) in [4.78, 5) is 0. The van der Waals surface area contributed by atoms with Crippen LogP contribution < -0.4 is 15.2 Å². The van der Waals surface area contributed by atoms with Gasteiger partial charge in [-0.3, -0.25) is 0 Å². The van der Waals surface area contributed by atoms with Crippen LogP contribution in [-0.2, 0) is 0 Å². The molecule has 0 aliphatic carbocycles. The fourth-order valence-electron chi connectivity index (χ4n) is 2.01. The largest absolute Gasteiger partial charge is 0.493 e. The first-order chi connectivity index (χ1) is 8.65. The average molecular weight is 247 g/mol. The Balaban J connectivity index is 2.40. The maximum atomic E-state index is 5.67. The van der Waals surface area contributed by atoms with Gasteiger partial charge in [0.15, 0.2) is 11.5 Å². The highest BCUT2D eigenvalue weighted by molar-refractivity contribution is 6.06. The van der Waals surface area contributed by atoms with Gasteiger partial charge in [0.05, 0.1) is 19.9 Å². The number of amidine groups is 1. The van der Waals surface area contributed by atoms with Gasteiger partial charge in [-0.2, -0.15) is 5.10 Å². The summed E-state index contributed by atoms with van der Waals surface area (Å²) in [6, 6.07) is 5.73. The summed E-state index contributed by atoms with van der Waals surface area (Å²) in [5, 5.41) is 8.12. The van der Waals surface area contributed by atoms with E-state index in [2.05, 4.69) is 17.1 Å². The van der Waals surface area contributed by atoms with Crippen LogP contribution in [0.3, 0.4) is 0 Å². The van der Waals surface area contributed by atoms with Gasteiger partial charge in [-0.05, 0) is 18.2 Å². The molecule has 18 heavy (non-hydrogen) atoms. The zero-order valence-corrected chi connectivity index (χ0v) is 10.8. The maximum Gasteiger partial charge on any atom is 0.161 e. The van der Waals surface area contributed by atoms with Crippen molar-refractivity contribution in [2.24, 2.45) is 21.9 Å². The number of nitrogens with zero attached hydrogens (tertiary/aromatic N) is 2. The molecule has 0 aromatic heterocycles. The van der Waals surface area contributed by atoms with Crippen molar-refractivity contribution in [3.8, 4) is 11.5 Å². The molecule has 1 atom stereocenters. The van der Waals surface area contributed by atoms with Crippen molar-refractivity contribution in [1.29, 1.82) is 0 Å². The lowest BCUT2D eigenvalue weighted by Gasteiger charge is -2.18. The van der Waals surface area contributed by atoms with Crippen LogP contribution in [-0.4, -0.2) is 25.8 Å². The second kappa shape index (κ2) is 5.08. The molecule has 1 heterocycles. The lowest BCUT2D eigenvalue weighted by atomic mass is 9.94. The summed E-state index contributed by atoms with van der Waals surface area (Å²) in [6.07, 6.45) is 0.729. The van der Waals surface area contributed by atoms with E-state index in [1.807, 2.05) is 18.2 Å². The summed E-state index contributed by atoms with van der Waals surface area (Å²) in [6.45, 7) is 2.08. The first-order valence-electron chi connectivity index (χ1n) is 5.78. The molecule has 0 fully saturated rings. The van der Waals surface area contributed by atoms with E-state index in [1.165, 1.54) is 0 Å². The minimum Gasteiger partial charge on any atom is -0.493 e. The third-order valence-corrected chi connectivity index (χ3v) is 2.95. The van der Waals surface area contributed by atoms with Crippen molar-refractivity contribution in [3.63, 3.8) is 0 Å². The lowest BCUT2D eigenvalue weighted by molar-refractivity contribution is 0.355. The molecule has 0 radical (unpaired) electrons. The van der Waals surface area contributed by atoms with E-state index in [9.17, 15) is 0 Å². The molecule has 1 aromatic rings. The molecule has 1 aliphatic rings. The molecule has 1 unspecified atom stereocenters. The zero-order chi connectivity index (χ0) is 13.1. The molecular formula is C13H17N3O2. The van der Waals surface area contributed by atoms with Gasteiger partial charge >= 0.3 is 0 Å². The van der Waals surface area contributed by atoms with Crippen molar-refractivity contribution < 1.29 is 9.47 Å². The molecule has 1 aromatic carbocycles. The van der Waals surface area contributed by atoms with Crippen LogP contribution in [0.15, 0.2) is 28.4 Å². The number of benzene rings is 1. The smallest absolute Gasteiger partial charge is 0.161 e. The standard InChI is InChI=1S/C13H17N3O2/c1-8-6-12(14)15-16-13(8)9-4-5-10(17-2)11(7-9)18-3/h4-5,7-8H,6H2,1-3H3,(H2,14,15). The van der Waals surface area contributed by atoms with Crippen LogP contribution in [0.25, 0.3) is 0 Å². The number of ether oxygens (including phenoxy) is 2. The van der Waals surface area contributed by atoms with E-state index in [4.69, 9.17) is 15.2 Å². The van der Waals surface area contributed by atoms with E-state index in [1.54, 1.807) is 14.2 Å². The SMILES string of the molecule is COc1ccc(C2=NN=C(N)CC2C)cc1OC. The normalized spacial score (nSPS) is 18.9. The van der Waals surface area contributed by atoms with Gasteiger partial charge in [-0.25, -0.2) is 0 Å². The second-order valence-electron chi connectivity index (χ2n) is 4.25. The van der Waals surface area contributed by atoms with Crippen LogP contribution in [0.1, 0.15) is 18.9 Å². The first kappa shape index (κ1) is 12.4. The fourth-order valence-corrected chi connectivity index (χ4v) is 2.01. The molecule has 5 nitrogen and oxygen atoms in total. The highest BCUT2D eigenvalue weighted by Crippen LogP contribution is 2.29. The monoisotopic (exact) mass is 247 g/mol. The van der Waals surface area contributed by atoms with Gasteiger partial charge in [0.1, 0.15) is 5.84 Å². The molecule has 0 bridgehead atoms. The molecule has 2 N–H and O–H groups in total. The van der Waals surface area contributed by atoms with Crippen LogP contribution in [0.2, 0.25) is 0 Å². The molecule has 0 saturated heterocycles. The quantitative estimate of drug-likeness (QED) is 0.885. The van der Waals surface area contributed by atoms with Crippen molar-refractivity contribution in [2.45, 2.75) is 13.3 Å². The van der Waals surface area contributed by atoms with E-state index >= 15 is 0 Å². The van der Waals surface area contributed by atoms with Crippen molar-refractivity contribution in [2.75, 3.05) is 14.2 Å². The van der Waals surface area contributed by atoms with Crippen molar-refractivity contribution in [3.05, 3.63) is 23.8 Å². The Labute approximate surface area is 106 Å². The molecule has 0 spiro atoms. The Morgan fingerprint density at radius 3 is 2.50 bits per heavy atom. The first-order valence-corrected chi connectivity index (χ1v) is 5.78. The molecular weight excluding hydrogens is 230 g/mol. The Kier molecular flexibility index (Phi) is 3.50. The van der Waals surface area contributed by atoms with Gasteiger partial charge in [-0.1, -0.05) is 6.92 Å². The zero-order valence-electron chi connectivity index (χ0n) is 10.8. The number of nitrogens with two attached hydrogens (primary N) is 1. The minimum atomic E-state index is 0.251. The highest BCUT2D eigenvalue weighted by atomic mass is 16.5. The molecule has 2 rings (SSSR count). The third kappa shape index (κ3) is 2.30. The summed E-state index contributed by atoms with van der Waals surface area (Å²) < 4.78 is 10.5. The fraction of sp³-hybridized carbons (Fsp3) is 0.385. The van der Waals surface area contributed by atoms with Gasteiger partial charge in [0.2, 0.25) is 0 Å². The summed E-state index contributed by atoms with van der Waals surface area (Å²) in [7, 11) is 3.23. The molecule has 1 aliphatic heterocycles. The third-order valence-electron chi connectivity index (χ3n) is 2.95. The van der Waals surface area contributed by atoms with E-state index in [0.717, 1.165) is 17.7 Å². The summed E-state index contributed by atoms with van der Waals surface area (Å²) in [5.74, 6) is 2.22. The number of methoxy groups -OCH3 is 2. The van der Waals surface area contributed by atoms with Crippen LogP contribution in [0.5, 0.6) is 11.5 Å². The second-order valence-corrected chi connectivity index (χ2v) is 4.25.